The highest BCUT2D eigenvalue weighted by molar-refractivity contribution is 7.16. The number of likely N-dealkylation sites (tertiary alicyclic amines) is 1. The maximum Gasteiger partial charge on any atom is 0.337 e. The molecule has 8 heteroatoms. The molecule has 1 aromatic heterocycles. The Bertz CT molecular complexity index is 1020. The number of carbonyl (C=O) groups is 2. The molecule has 0 spiro atoms. The number of aromatic carboxylic acids is 1. The molecule has 0 radical (unpaired) electrons. The van der Waals surface area contributed by atoms with Gasteiger partial charge in [-0.25, -0.2) is 10.7 Å². The van der Waals surface area contributed by atoms with Gasteiger partial charge < -0.3 is 10.0 Å². The third kappa shape index (κ3) is 3.87. The lowest BCUT2D eigenvalue weighted by Crippen LogP contribution is -2.31. The van der Waals surface area contributed by atoms with Gasteiger partial charge in [0.05, 0.1) is 16.5 Å². The molecule has 4 rings (SSSR count). The number of fused-ring (bicyclic) bond motifs is 1. The highest BCUT2D eigenvalue weighted by Gasteiger charge is 2.35. The van der Waals surface area contributed by atoms with Gasteiger partial charge in [-0.1, -0.05) is 25.4 Å². The van der Waals surface area contributed by atoms with E-state index in [0.29, 0.717) is 52.5 Å². The molecule has 2 aromatic rings. The maximum atomic E-state index is 13.3. The fourth-order valence-corrected chi connectivity index (χ4v) is 5.93. The minimum Gasteiger partial charge on any atom is -0.478 e. The summed E-state index contributed by atoms with van der Waals surface area (Å²) in [5.41, 5.74) is 2.30. The van der Waals surface area contributed by atoms with E-state index in [9.17, 15) is 14.7 Å². The lowest BCUT2D eigenvalue weighted by atomic mass is 9.76. The molecule has 1 aliphatic carbocycles. The number of hydrogen-bond donors (Lipinski definition) is 2. The van der Waals surface area contributed by atoms with E-state index < -0.39 is 5.97 Å². The average molecular weight is 449 g/mol. The Balaban J connectivity index is 1.82. The molecule has 2 heterocycles. The van der Waals surface area contributed by atoms with Gasteiger partial charge in [0.1, 0.15) is 0 Å². The van der Waals surface area contributed by atoms with Crippen molar-refractivity contribution in [3.63, 3.8) is 0 Å². The van der Waals surface area contributed by atoms with E-state index in [4.69, 9.17) is 22.3 Å². The van der Waals surface area contributed by atoms with Gasteiger partial charge in [-0.15, -0.1) is 11.3 Å². The molecule has 6 nitrogen and oxygen atoms in total. The van der Waals surface area contributed by atoms with E-state index in [0.717, 1.165) is 23.3 Å². The monoisotopic (exact) mass is 448 g/mol. The lowest BCUT2D eigenvalue weighted by Gasteiger charge is -2.29. The van der Waals surface area contributed by atoms with Crippen LogP contribution in [-0.4, -0.2) is 41.1 Å². The minimum absolute atomic E-state index is 0.0509. The smallest absolute Gasteiger partial charge is 0.337 e. The summed E-state index contributed by atoms with van der Waals surface area (Å²) in [6.07, 6.45) is 3.06. The summed E-state index contributed by atoms with van der Waals surface area (Å²) >= 11 is 7.75. The van der Waals surface area contributed by atoms with Crippen LogP contribution in [0.15, 0.2) is 18.2 Å². The Morgan fingerprint density at radius 1 is 1.37 bits per heavy atom. The molecule has 3 N–H and O–H groups in total. The fourth-order valence-electron chi connectivity index (χ4n) is 4.42. The summed E-state index contributed by atoms with van der Waals surface area (Å²) in [6.45, 7) is 5.29. The highest BCUT2D eigenvalue weighted by atomic mass is 35.5. The zero-order valence-electron chi connectivity index (χ0n) is 17.0. The molecular weight excluding hydrogens is 424 g/mol. The first-order chi connectivity index (χ1) is 14.2. The molecular formula is C22H25ClN2O4S. The largest absolute Gasteiger partial charge is 0.478 e. The van der Waals surface area contributed by atoms with Crippen LogP contribution in [0.1, 0.15) is 57.8 Å². The van der Waals surface area contributed by atoms with E-state index >= 15 is 0 Å². The van der Waals surface area contributed by atoms with Gasteiger partial charge in [0.2, 0.25) is 0 Å². The zero-order chi connectivity index (χ0) is 21.6. The molecule has 0 saturated carbocycles. The SMILES string of the molecule is CC1(C)CCc2sc(-c3cc(Cl)ccc3C(=O)N3CCC(ON)C3)c(C(=O)O)c2C1. The number of hydrogen-bond acceptors (Lipinski definition) is 5. The number of benzene rings is 1. The standard InChI is InChI=1S/C22H25ClN2O4S/c1-22(2)7-5-17-16(10-22)18(21(27)28)19(30-17)15-9-12(23)3-4-14(15)20(26)25-8-6-13(11-25)29-24/h3-4,9,13H,5-8,10-11,24H2,1-2H3,(H,27,28). The van der Waals surface area contributed by atoms with Gasteiger partial charge in [0.25, 0.3) is 5.91 Å². The summed E-state index contributed by atoms with van der Waals surface area (Å²) in [5, 5.41) is 10.5. The lowest BCUT2D eigenvalue weighted by molar-refractivity contribution is 0.0537. The normalized spacial score (nSPS) is 20.3. The molecule has 0 bridgehead atoms. The van der Waals surface area contributed by atoms with E-state index in [2.05, 4.69) is 13.8 Å². The van der Waals surface area contributed by atoms with E-state index in [1.807, 2.05) is 0 Å². The molecule has 1 aliphatic heterocycles. The fraction of sp³-hybridized carbons (Fsp3) is 0.455. The number of nitrogens with zero attached hydrogens (tertiary/aromatic N) is 1. The number of rotatable bonds is 4. The molecule has 2 aliphatic rings. The van der Waals surface area contributed by atoms with Crippen molar-refractivity contribution in [2.24, 2.45) is 11.3 Å². The Labute approximate surface area is 184 Å². The van der Waals surface area contributed by atoms with Crippen LogP contribution >= 0.6 is 22.9 Å². The molecule has 30 heavy (non-hydrogen) atoms. The first-order valence-corrected chi connectivity index (χ1v) is 11.2. The van der Waals surface area contributed by atoms with Gasteiger partial charge >= 0.3 is 5.97 Å². The summed E-state index contributed by atoms with van der Waals surface area (Å²) in [6, 6.07) is 5.06. The average Bonchev–Trinajstić information content (AvgIpc) is 3.31. The van der Waals surface area contributed by atoms with Crippen molar-refractivity contribution in [1.82, 2.24) is 4.90 Å². The van der Waals surface area contributed by atoms with Crippen molar-refractivity contribution in [1.29, 1.82) is 0 Å². The molecule has 1 fully saturated rings. The number of carboxylic acid groups (broad SMARTS) is 1. The second kappa shape index (κ2) is 7.96. The van der Waals surface area contributed by atoms with Crippen LogP contribution in [0, 0.1) is 5.41 Å². The number of nitrogens with two attached hydrogens (primary N) is 1. The highest BCUT2D eigenvalue weighted by Crippen LogP contribution is 2.46. The van der Waals surface area contributed by atoms with Crippen molar-refractivity contribution in [2.45, 2.75) is 45.6 Å². The molecule has 1 aromatic carbocycles. The van der Waals surface area contributed by atoms with Crippen molar-refractivity contribution in [3.05, 3.63) is 44.8 Å². The van der Waals surface area contributed by atoms with Crippen LogP contribution in [-0.2, 0) is 17.7 Å². The number of carboxylic acids is 1. The van der Waals surface area contributed by atoms with Gasteiger partial charge in [-0.3, -0.25) is 9.63 Å². The Morgan fingerprint density at radius 2 is 2.13 bits per heavy atom. The van der Waals surface area contributed by atoms with Gasteiger partial charge in [0, 0.05) is 34.1 Å². The number of carbonyl (C=O) groups excluding carboxylic acids is 1. The van der Waals surface area contributed by atoms with Crippen molar-refractivity contribution < 1.29 is 19.5 Å². The van der Waals surface area contributed by atoms with Crippen molar-refractivity contribution in [2.75, 3.05) is 13.1 Å². The third-order valence-corrected chi connectivity index (χ3v) is 7.63. The quantitative estimate of drug-likeness (QED) is 0.677. The van der Waals surface area contributed by atoms with E-state index in [-0.39, 0.29) is 17.4 Å². The van der Waals surface area contributed by atoms with Crippen LogP contribution < -0.4 is 5.90 Å². The Morgan fingerprint density at radius 3 is 2.80 bits per heavy atom. The van der Waals surface area contributed by atoms with Crippen molar-refractivity contribution in [3.8, 4) is 10.4 Å². The van der Waals surface area contributed by atoms with Crippen LogP contribution in [0.4, 0.5) is 0 Å². The summed E-state index contributed by atoms with van der Waals surface area (Å²) in [7, 11) is 0. The summed E-state index contributed by atoms with van der Waals surface area (Å²) < 4.78 is 0. The number of thiophene rings is 1. The second-order valence-corrected chi connectivity index (χ2v) is 10.4. The summed E-state index contributed by atoms with van der Waals surface area (Å²) in [4.78, 5) is 33.9. The van der Waals surface area contributed by atoms with Crippen LogP contribution in [0.2, 0.25) is 5.02 Å². The predicted molar refractivity (Wildman–Crippen MR) is 117 cm³/mol. The first-order valence-electron chi connectivity index (χ1n) is 10.0. The van der Waals surface area contributed by atoms with Crippen LogP contribution in [0.3, 0.4) is 0 Å². The molecule has 1 amide bonds. The number of aryl methyl sites for hydroxylation is 1. The van der Waals surface area contributed by atoms with Gasteiger partial charge in [0.15, 0.2) is 0 Å². The molecule has 1 unspecified atom stereocenters. The third-order valence-electron chi connectivity index (χ3n) is 6.07. The first kappa shape index (κ1) is 21.3. The number of halogens is 1. The second-order valence-electron chi connectivity index (χ2n) is 8.84. The van der Waals surface area contributed by atoms with E-state index in [1.54, 1.807) is 23.1 Å². The Kier molecular flexibility index (Phi) is 5.66. The molecule has 160 valence electrons. The zero-order valence-corrected chi connectivity index (χ0v) is 18.6. The Hall–Kier alpha value is -1.93. The van der Waals surface area contributed by atoms with Crippen LogP contribution in [0.25, 0.3) is 10.4 Å². The molecule has 1 atom stereocenters. The number of amides is 1. The van der Waals surface area contributed by atoms with Crippen LogP contribution in [0.5, 0.6) is 0 Å². The van der Waals surface area contributed by atoms with E-state index in [1.165, 1.54) is 11.3 Å². The molecule has 1 saturated heterocycles. The van der Waals surface area contributed by atoms with Crippen molar-refractivity contribution >= 4 is 34.8 Å². The van der Waals surface area contributed by atoms with Gasteiger partial charge in [-0.2, -0.15) is 0 Å². The predicted octanol–water partition coefficient (Wildman–Crippen LogP) is 4.39. The van der Waals surface area contributed by atoms with Gasteiger partial charge in [-0.05, 0) is 54.9 Å². The topological polar surface area (TPSA) is 92.9 Å². The summed E-state index contributed by atoms with van der Waals surface area (Å²) in [5.74, 6) is 4.16. The maximum absolute atomic E-state index is 13.3. The minimum atomic E-state index is -0.962.